The van der Waals surface area contributed by atoms with E-state index in [1.54, 1.807) is 6.92 Å². The summed E-state index contributed by atoms with van der Waals surface area (Å²) in [5.41, 5.74) is 7.27. The van der Waals surface area contributed by atoms with Crippen molar-refractivity contribution in [1.29, 1.82) is 0 Å². The Labute approximate surface area is 238 Å². The van der Waals surface area contributed by atoms with Gasteiger partial charge in [-0.1, -0.05) is 25.3 Å². The number of aliphatic hydroxyl groups is 1. The summed E-state index contributed by atoms with van der Waals surface area (Å²) in [5, 5.41) is 10.2. The number of fused-ring (bicyclic) bond motifs is 1. The topological polar surface area (TPSA) is 94.5 Å². The van der Waals surface area contributed by atoms with Crippen molar-refractivity contribution in [3.8, 4) is 22.6 Å². The Hall–Kier alpha value is -2.81. The van der Waals surface area contributed by atoms with Gasteiger partial charge in [-0.05, 0) is 112 Å². The second-order valence-electron chi connectivity index (χ2n) is 11.4. The van der Waals surface area contributed by atoms with Gasteiger partial charge in [0.15, 0.2) is 0 Å². The Morgan fingerprint density at radius 2 is 1.80 bits per heavy atom. The van der Waals surface area contributed by atoms with Gasteiger partial charge in [0.2, 0.25) is 0 Å². The van der Waals surface area contributed by atoms with Crippen LogP contribution in [0.1, 0.15) is 91.4 Å². The van der Waals surface area contributed by atoms with E-state index in [1.165, 1.54) is 18.6 Å². The Morgan fingerprint density at radius 3 is 2.48 bits per heavy atom. The molecule has 3 aromatic rings. The molecule has 8 heteroatoms. The van der Waals surface area contributed by atoms with Crippen molar-refractivity contribution >= 4 is 17.0 Å². The highest BCUT2D eigenvalue weighted by Crippen LogP contribution is 2.48. The van der Waals surface area contributed by atoms with Gasteiger partial charge in [-0.2, -0.15) is 0 Å². The maximum Gasteiger partial charge on any atom is 0.135 e. The van der Waals surface area contributed by atoms with E-state index in [4.69, 9.17) is 9.72 Å². The average Bonchev–Trinajstić information content (AvgIpc) is 2.91. The lowest BCUT2D eigenvalue weighted by Gasteiger charge is -2.30. The molecule has 6 nitrogen and oxygen atoms in total. The van der Waals surface area contributed by atoms with Crippen molar-refractivity contribution in [2.75, 3.05) is 4.72 Å². The molecule has 0 bridgehead atoms. The molecule has 1 fully saturated rings. The molecule has 5 rings (SSSR count). The van der Waals surface area contributed by atoms with Crippen LogP contribution in [0.15, 0.2) is 30.3 Å². The van der Waals surface area contributed by atoms with E-state index < -0.39 is 17.4 Å². The third-order valence-electron chi connectivity index (χ3n) is 8.16. The van der Waals surface area contributed by atoms with E-state index in [0.717, 1.165) is 85.0 Å². The lowest BCUT2D eigenvalue weighted by molar-refractivity contribution is 0.195. The maximum absolute atomic E-state index is 14.1. The number of halogens is 1. The van der Waals surface area contributed by atoms with Crippen LogP contribution in [0.3, 0.4) is 0 Å². The smallest absolute Gasteiger partial charge is 0.135 e. The minimum atomic E-state index is -2.55. The number of hydrogen-bond donors (Lipinski definition) is 2. The van der Waals surface area contributed by atoms with Crippen molar-refractivity contribution in [1.82, 2.24) is 4.98 Å². The molecule has 2 aliphatic rings. The molecule has 2 unspecified atom stereocenters. The van der Waals surface area contributed by atoms with E-state index in [9.17, 15) is 18.3 Å². The van der Waals surface area contributed by atoms with Crippen LogP contribution in [0.25, 0.3) is 11.1 Å². The van der Waals surface area contributed by atoms with Gasteiger partial charge < -0.3 is 19.1 Å². The molecule has 1 aromatic heterocycles. The van der Waals surface area contributed by atoms with Crippen LogP contribution >= 0.6 is 0 Å². The molecule has 2 aromatic carbocycles. The molecule has 2 atom stereocenters. The quantitative estimate of drug-likeness (QED) is 0.279. The first kappa shape index (κ1) is 28.7. The van der Waals surface area contributed by atoms with Crippen molar-refractivity contribution in [3.05, 3.63) is 69.8 Å². The molecule has 40 heavy (non-hydrogen) atoms. The zero-order valence-corrected chi connectivity index (χ0v) is 24.3. The zero-order chi connectivity index (χ0) is 28.4. The Morgan fingerprint density at radius 1 is 1.10 bits per heavy atom. The number of aliphatic hydroxyl groups excluding tert-OH is 1. The number of rotatable bonds is 8. The van der Waals surface area contributed by atoms with Crippen LogP contribution in [-0.4, -0.2) is 25.0 Å². The second kappa shape index (κ2) is 12.4. The number of aryl methyl sites for hydroxylation is 3. The third-order valence-corrected chi connectivity index (χ3v) is 8.53. The SMILES string of the molecule is Cc1cc(F)cc(C)c1Oc1ccc(CC(C)O)cc1-c1c2c(nc(C3CCCCC3)c1NS(=O)[O-])CCCC2. The first-order chi connectivity index (χ1) is 19.2. The summed E-state index contributed by atoms with van der Waals surface area (Å²) >= 11 is -2.55. The summed E-state index contributed by atoms with van der Waals surface area (Å²) in [6.45, 7) is 5.38. The van der Waals surface area contributed by atoms with Crippen LogP contribution < -0.4 is 9.46 Å². The highest BCUT2D eigenvalue weighted by Gasteiger charge is 2.29. The number of nitrogens with zero attached hydrogens (tertiary/aromatic N) is 1. The Kier molecular flexibility index (Phi) is 8.88. The van der Waals surface area contributed by atoms with Gasteiger partial charge in [0.1, 0.15) is 17.3 Å². The summed E-state index contributed by atoms with van der Waals surface area (Å²) in [6.07, 6.45) is 8.90. The van der Waals surface area contributed by atoms with E-state index in [0.29, 0.717) is 34.7 Å². The second-order valence-corrected chi connectivity index (χ2v) is 12.1. The fourth-order valence-corrected chi connectivity index (χ4v) is 6.79. The minimum Gasteiger partial charge on any atom is -0.755 e. The standard InChI is InChI=1S/C32H39FN2O4S/c1-19-15-24(33)16-20(2)32(19)39-28-14-13-22(17-21(3)36)18-26(28)29-25-11-7-8-12-27(25)34-30(31(29)35-40(37)38)23-9-5-4-6-10-23/h13-16,18,21,23,35-36H,4-12,17H2,1-3H3,(H,37,38)/p-1. The van der Waals surface area contributed by atoms with Gasteiger partial charge in [-0.15, -0.1) is 0 Å². The fraction of sp³-hybridized carbons (Fsp3) is 0.469. The molecule has 0 spiro atoms. The number of anilines is 1. The van der Waals surface area contributed by atoms with E-state index in [-0.39, 0.29) is 11.7 Å². The summed E-state index contributed by atoms with van der Waals surface area (Å²) in [7, 11) is 0. The van der Waals surface area contributed by atoms with Gasteiger partial charge in [0, 0.05) is 34.0 Å². The van der Waals surface area contributed by atoms with Crippen molar-refractivity contribution in [2.45, 2.75) is 97.0 Å². The summed E-state index contributed by atoms with van der Waals surface area (Å²) in [4.78, 5) is 5.14. The molecule has 0 saturated heterocycles. The summed E-state index contributed by atoms with van der Waals surface area (Å²) in [5.74, 6) is 0.987. The number of benzene rings is 2. The highest BCUT2D eigenvalue weighted by molar-refractivity contribution is 7.80. The molecule has 1 saturated carbocycles. The monoisotopic (exact) mass is 565 g/mol. The van der Waals surface area contributed by atoms with Gasteiger partial charge in [-0.25, -0.2) is 4.39 Å². The summed E-state index contributed by atoms with van der Waals surface area (Å²) in [6, 6.07) is 8.71. The van der Waals surface area contributed by atoms with Crippen molar-refractivity contribution in [2.24, 2.45) is 0 Å². The number of hydrogen-bond acceptors (Lipinski definition) is 5. The van der Waals surface area contributed by atoms with E-state index in [2.05, 4.69) is 4.72 Å². The molecular formula is C32H38FN2O4S-. The number of nitrogens with one attached hydrogen (secondary N) is 1. The molecule has 0 aliphatic heterocycles. The van der Waals surface area contributed by atoms with Crippen LogP contribution in [0.2, 0.25) is 0 Å². The van der Waals surface area contributed by atoms with Crippen molar-refractivity contribution < 1.29 is 23.0 Å². The molecule has 2 aliphatic carbocycles. The van der Waals surface area contributed by atoms with Crippen LogP contribution in [0.4, 0.5) is 10.1 Å². The zero-order valence-electron chi connectivity index (χ0n) is 23.5. The van der Waals surface area contributed by atoms with Crippen molar-refractivity contribution in [3.63, 3.8) is 0 Å². The molecule has 0 amide bonds. The molecule has 1 heterocycles. The van der Waals surface area contributed by atoms with Gasteiger partial charge in [0.25, 0.3) is 0 Å². The predicted molar refractivity (Wildman–Crippen MR) is 156 cm³/mol. The Balaban J connectivity index is 1.77. The lowest BCUT2D eigenvalue weighted by atomic mass is 9.81. The third kappa shape index (κ3) is 6.24. The van der Waals surface area contributed by atoms with Crippen LogP contribution in [0.5, 0.6) is 11.5 Å². The Bertz CT molecular complexity index is 1400. The van der Waals surface area contributed by atoms with E-state index >= 15 is 0 Å². The van der Waals surface area contributed by atoms with Crippen LogP contribution in [0, 0.1) is 19.7 Å². The number of pyridine rings is 1. The van der Waals surface area contributed by atoms with Crippen LogP contribution in [-0.2, 0) is 30.5 Å². The normalized spacial score (nSPS) is 17.2. The van der Waals surface area contributed by atoms with Gasteiger partial charge >= 0.3 is 0 Å². The number of aromatic nitrogens is 1. The number of ether oxygens (including phenoxy) is 1. The summed E-state index contributed by atoms with van der Waals surface area (Å²) < 4.78 is 47.9. The molecular weight excluding hydrogens is 527 g/mol. The van der Waals surface area contributed by atoms with E-state index in [1.807, 2.05) is 32.0 Å². The maximum atomic E-state index is 14.1. The largest absolute Gasteiger partial charge is 0.755 e. The molecule has 2 N–H and O–H groups in total. The minimum absolute atomic E-state index is 0.178. The van der Waals surface area contributed by atoms with Gasteiger partial charge in [-0.3, -0.25) is 9.19 Å². The molecule has 0 radical (unpaired) electrons. The average molecular weight is 566 g/mol. The first-order valence-electron chi connectivity index (χ1n) is 14.4. The highest BCUT2D eigenvalue weighted by atomic mass is 32.2. The predicted octanol–water partition coefficient (Wildman–Crippen LogP) is 7.35. The van der Waals surface area contributed by atoms with Gasteiger partial charge in [0.05, 0.1) is 17.5 Å². The lowest BCUT2D eigenvalue weighted by Crippen LogP contribution is -2.18. The first-order valence-corrected chi connectivity index (χ1v) is 15.5. The molecule has 214 valence electrons. The fourth-order valence-electron chi connectivity index (χ4n) is 6.42.